The third kappa shape index (κ3) is 3.76. The van der Waals surface area contributed by atoms with E-state index in [1.165, 1.54) is 22.7 Å². The molecule has 0 atom stereocenters. The van der Waals surface area contributed by atoms with Gasteiger partial charge >= 0.3 is 0 Å². The highest BCUT2D eigenvalue weighted by Crippen LogP contribution is 2.26. The van der Waals surface area contributed by atoms with E-state index in [0.717, 1.165) is 11.1 Å². The molecule has 1 amide bonds. The summed E-state index contributed by atoms with van der Waals surface area (Å²) in [5, 5.41) is 0. The van der Waals surface area contributed by atoms with Crippen molar-refractivity contribution in [2.75, 3.05) is 27.2 Å². The van der Waals surface area contributed by atoms with Crippen LogP contribution in [0.25, 0.3) is 0 Å². The topological polar surface area (TPSA) is 92.9 Å². The van der Waals surface area contributed by atoms with Crippen LogP contribution in [-0.2, 0) is 28.0 Å². The maximum absolute atomic E-state index is 12.3. The van der Waals surface area contributed by atoms with E-state index in [4.69, 9.17) is 10.5 Å². The van der Waals surface area contributed by atoms with Crippen LogP contribution in [0, 0.1) is 0 Å². The Labute approximate surface area is 130 Å². The summed E-state index contributed by atoms with van der Waals surface area (Å²) in [7, 11) is -0.482. The third-order valence-corrected chi connectivity index (χ3v) is 5.40. The molecule has 0 aliphatic carbocycles. The minimum absolute atomic E-state index is 0.250. The van der Waals surface area contributed by atoms with Crippen LogP contribution in [0.3, 0.4) is 0 Å². The number of rotatable bonds is 5. The molecule has 8 heteroatoms. The van der Waals surface area contributed by atoms with Crippen molar-refractivity contribution in [2.45, 2.75) is 19.4 Å². The van der Waals surface area contributed by atoms with E-state index in [-0.39, 0.29) is 18.9 Å². The fourth-order valence-corrected chi connectivity index (χ4v) is 3.34. The maximum Gasteiger partial charge on any atom is 0.281 e. The van der Waals surface area contributed by atoms with Crippen LogP contribution < -0.4 is 10.5 Å². The van der Waals surface area contributed by atoms with Crippen molar-refractivity contribution in [3.8, 4) is 5.75 Å². The largest absolute Gasteiger partial charge is 0.492 e. The van der Waals surface area contributed by atoms with E-state index in [2.05, 4.69) is 0 Å². The molecule has 1 aromatic carbocycles. The van der Waals surface area contributed by atoms with Gasteiger partial charge in [0, 0.05) is 39.2 Å². The van der Waals surface area contributed by atoms with Crippen molar-refractivity contribution < 1.29 is 17.9 Å². The Kier molecular flexibility index (Phi) is 5.05. The van der Waals surface area contributed by atoms with Gasteiger partial charge in [-0.1, -0.05) is 12.1 Å². The molecule has 0 fully saturated rings. The molecular weight excluding hydrogens is 306 g/mol. The van der Waals surface area contributed by atoms with E-state index in [0.29, 0.717) is 25.3 Å². The number of nitrogens with two attached hydrogens (primary N) is 1. The van der Waals surface area contributed by atoms with E-state index < -0.39 is 10.2 Å². The molecule has 0 bridgehead atoms. The fourth-order valence-electron chi connectivity index (χ4n) is 2.27. The van der Waals surface area contributed by atoms with Crippen LogP contribution in [0.1, 0.15) is 17.5 Å². The molecule has 7 nitrogen and oxygen atoms in total. The van der Waals surface area contributed by atoms with Gasteiger partial charge < -0.3 is 10.5 Å². The zero-order chi connectivity index (χ0) is 16.3. The predicted molar refractivity (Wildman–Crippen MR) is 82.5 cm³/mol. The molecule has 2 N–H and O–H groups in total. The summed E-state index contributed by atoms with van der Waals surface area (Å²) in [6.07, 6.45) is 0.794. The van der Waals surface area contributed by atoms with Crippen molar-refractivity contribution in [3.05, 3.63) is 29.3 Å². The predicted octanol–water partition coefficient (Wildman–Crippen LogP) is 0.105. The first-order chi connectivity index (χ1) is 10.3. The van der Waals surface area contributed by atoms with Gasteiger partial charge in [0.1, 0.15) is 12.4 Å². The average molecular weight is 327 g/mol. The second-order valence-electron chi connectivity index (χ2n) is 5.38. The van der Waals surface area contributed by atoms with Gasteiger partial charge in [-0.05, 0) is 18.1 Å². The van der Waals surface area contributed by atoms with Gasteiger partial charge in [0.05, 0.1) is 0 Å². The standard InChI is InChI=1S/C14H21N3O4S/c1-16(2)22(19,20)17-7-8-21-13-5-3-11(4-6-14(15)18)9-12(13)10-17/h3,5,9H,4,6-8,10H2,1-2H3,(H2,15,18). The molecule has 0 saturated heterocycles. The first-order valence-electron chi connectivity index (χ1n) is 7.01. The normalized spacial score (nSPS) is 16.0. The Hall–Kier alpha value is -1.64. The second-order valence-corrected chi connectivity index (χ2v) is 7.52. The lowest BCUT2D eigenvalue weighted by molar-refractivity contribution is -0.117. The van der Waals surface area contributed by atoms with Crippen molar-refractivity contribution in [1.29, 1.82) is 0 Å². The highest BCUT2D eigenvalue weighted by Gasteiger charge is 2.27. The third-order valence-electron chi connectivity index (χ3n) is 3.52. The molecule has 1 aliphatic heterocycles. The molecule has 0 radical (unpaired) electrons. The number of benzene rings is 1. The smallest absolute Gasteiger partial charge is 0.281 e. The van der Waals surface area contributed by atoms with E-state index >= 15 is 0 Å². The lowest BCUT2D eigenvalue weighted by Gasteiger charge is -2.23. The molecule has 0 saturated carbocycles. The van der Waals surface area contributed by atoms with Crippen molar-refractivity contribution in [3.63, 3.8) is 0 Å². The van der Waals surface area contributed by atoms with Crippen LogP contribution in [0.2, 0.25) is 0 Å². The molecule has 122 valence electrons. The number of aryl methyl sites for hydroxylation is 1. The second kappa shape index (κ2) is 6.64. The summed E-state index contributed by atoms with van der Waals surface area (Å²) in [4.78, 5) is 10.9. The van der Waals surface area contributed by atoms with Crippen LogP contribution in [0.4, 0.5) is 0 Å². The molecule has 22 heavy (non-hydrogen) atoms. The summed E-state index contributed by atoms with van der Waals surface area (Å²) in [6, 6.07) is 5.57. The van der Waals surface area contributed by atoms with Crippen LogP contribution in [0.15, 0.2) is 18.2 Å². The Morgan fingerprint density at radius 2 is 2.14 bits per heavy atom. The van der Waals surface area contributed by atoms with Crippen molar-refractivity contribution in [1.82, 2.24) is 8.61 Å². The summed E-state index contributed by atoms with van der Waals surface area (Å²) in [5.41, 5.74) is 6.89. The number of nitrogens with zero attached hydrogens (tertiary/aromatic N) is 2. The fraction of sp³-hybridized carbons (Fsp3) is 0.500. The number of hydrogen-bond acceptors (Lipinski definition) is 4. The van der Waals surface area contributed by atoms with Crippen LogP contribution in [-0.4, -0.2) is 50.2 Å². The molecule has 0 aromatic heterocycles. The monoisotopic (exact) mass is 327 g/mol. The molecule has 1 heterocycles. The van der Waals surface area contributed by atoms with Gasteiger partial charge in [0.25, 0.3) is 10.2 Å². The van der Waals surface area contributed by atoms with E-state index in [1.807, 2.05) is 18.2 Å². The highest BCUT2D eigenvalue weighted by atomic mass is 32.2. The molecule has 2 rings (SSSR count). The summed E-state index contributed by atoms with van der Waals surface area (Å²) < 4.78 is 32.8. The van der Waals surface area contributed by atoms with Gasteiger partial charge in [-0.15, -0.1) is 0 Å². The minimum atomic E-state index is -3.49. The maximum atomic E-state index is 12.3. The highest BCUT2D eigenvalue weighted by molar-refractivity contribution is 7.86. The number of carbonyl (C=O) groups is 1. The van der Waals surface area contributed by atoms with Crippen LogP contribution in [0.5, 0.6) is 5.75 Å². The zero-order valence-electron chi connectivity index (χ0n) is 12.8. The summed E-state index contributed by atoms with van der Waals surface area (Å²) in [5.74, 6) is 0.322. The lowest BCUT2D eigenvalue weighted by atomic mass is 10.1. The average Bonchev–Trinajstić information content (AvgIpc) is 2.66. The quantitative estimate of drug-likeness (QED) is 0.830. The minimum Gasteiger partial charge on any atom is -0.492 e. The first-order valence-corrected chi connectivity index (χ1v) is 8.41. The Morgan fingerprint density at radius 3 is 2.77 bits per heavy atom. The Balaban J connectivity index is 2.24. The molecule has 0 unspecified atom stereocenters. The van der Waals surface area contributed by atoms with E-state index in [1.54, 1.807) is 0 Å². The number of amides is 1. The number of primary amides is 1. The summed E-state index contributed by atoms with van der Waals surface area (Å²) in [6.45, 7) is 0.854. The SMILES string of the molecule is CN(C)S(=O)(=O)N1CCOc2ccc(CCC(N)=O)cc2C1. The molecule has 1 aromatic rings. The molecule has 0 spiro atoms. The zero-order valence-corrected chi connectivity index (χ0v) is 13.6. The van der Waals surface area contributed by atoms with Crippen molar-refractivity contribution >= 4 is 16.1 Å². The molecule has 1 aliphatic rings. The van der Waals surface area contributed by atoms with Gasteiger partial charge in [0.2, 0.25) is 5.91 Å². The number of fused-ring (bicyclic) bond motifs is 1. The Morgan fingerprint density at radius 1 is 1.41 bits per heavy atom. The van der Waals surface area contributed by atoms with Gasteiger partial charge in [0.15, 0.2) is 0 Å². The van der Waals surface area contributed by atoms with Gasteiger partial charge in [-0.25, -0.2) is 0 Å². The Bertz CT molecular complexity index is 658. The molecular formula is C14H21N3O4S. The number of carbonyl (C=O) groups excluding carboxylic acids is 1. The summed E-state index contributed by atoms with van der Waals surface area (Å²) >= 11 is 0. The first kappa shape index (κ1) is 16.7. The van der Waals surface area contributed by atoms with Gasteiger partial charge in [-0.2, -0.15) is 17.0 Å². The number of ether oxygens (including phenoxy) is 1. The van der Waals surface area contributed by atoms with Gasteiger partial charge in [-0.3, -0.25) is 4.79 Å². The van der Waals surface area contributed by atoms with E-state index in [9.17, 15) is 13.2 Å². The van der Waals surface area contributed by atoms with Crippen molar-refractivity contribution in [2.24, 2.45) is 5.73 Å². The number of hydrogen-bond donors (Lipinski definition) is 1. The van der Waals surface area contributed by atoms with Crippen LogP contribution >= 0.6 is 0 Å². The lowest BCUT2D eigenvalue weighted by Crippen LogP contribution is -2.40.